The summed E-state index contributed by atoms with van der Waals surface area (Å²) < 4.78 is 11.8. The van der Waals surface area contributed by atoms with Crippen molar-refractivity contribution in [2.75, 3.05) is 13.9 Å². The molecule has 0 heterocycles. The number of hydrogen-bond acceptors (Lipinski definition) is 3. The van der Waals surface area contributed by atoms with Gasteiger partial charge in [0, 0.05) is 29.0 Å². The second-order valence-corrected chi connectivity index (χ2v) is 13.4. The molecule has 0 aromatic heterocycles. The van der Waals surface area contributed by atoms with Gasteiger partial charge in [-0.2, -0.15) is 0 Å². The highest BCUT2D eigenvalue weighted by atomic mass is 31.1. The summed E-state index contributed by atoms with van der Waals surface area (Å²) in [7, 11) is 2.15. The molecule has 0 saturated carbocycles. The van der Waals surface area contributed by atoms with Gasteiger partial charge >= 0.3 is 0 Å². The molecular formula is C31H47O3P. The van der Waals surface area contributed by atoms with Crippen molar-refractivity contribution >= 4 is 20.2 Å². The standard InChI is InChI=1S/C31H47O3P/c1-10-12-15-18-31(11-2,35-27-17-14-13-16-23(27)21-32)26-20-24(29(3,4)5)19-25(30(6,7)8)28(26)34-22-33-9/h13-14,16-17,19-21,35H,10-12,15,18,22H2,1-9H3. The van der Waals surface area contributed by atoms with Crippen LogP contribution in [0.2, 0.25) is 0 Å². The predicted octanol–water partition coefficient (Wildman–Crippen LogP) is 8.27. The van der Waals surface area contributed by atoms with Crippen molar-refractivity contribution in [2.24, 2.45) is 0 Å². The molecule has 35 heavy (non-hydrogen) atoms. The molecule has 0 amide bonds. The van der Waals surface area contributed by atoms with E-state index in [0.29, 0.717) is 8.58 Å². The molecule has 0 N–H and O–H groups in total. The van der Waals surface area contributed by atoms with Crippen LogP contribution in [-0.2, 0) is 20.7 Å². The predicted molar refractivity (Wildman–Crippen MR) is 152 cm³/mol. The van der Waals surface area contributed by atoms with E-state index in [1.807, 2.05) is 12.1 Å². The Morgan fingerprint density at radius 1 is 0.914 bits per heavy atom. The zero-order valence-electron chi connectivity index (χ0n) is 23.5. The smallest absolute Gasteiger partial charge is 0.188 e. The second kappa shape index (κ2) is 12.5. The minimum Gasteiger partial charge on any atom is -0.467 e. The number of ether oxygens (including phenoxy) is 2. The highest BCUT2D eigenvalue weighted by Gasteiger charge is 2.37. The quantitative estimate of drug-likeness (QED) is 0.128. The molecule has 3 nitrogen and oxygen atoms in total. The van der Waals surface area contributed by atoms with Gasteiger partial charge < -0.3 is 9.47 Å². The van der Waals surface area contributed by atoms with Gasteiger partial charge in [0.1, 0.15) is 5.75 Å². The molecule has 0 aliphatic carbocycles. The maximum Gasteiger partial charge on any atom is 0.188 e. The fourth-order valence-corrected chi connectivity index (χ4v) is 6.40. The molecule has 0 bridgehead atoms. The summed E-state index contributed by atoms with van der Waals surface area (Å²) in [5.41, 5.74) is 4.52. The number of aldehydes is 1. The van der Waals surface area contributed by atoms with E-state index in [0.717, 1.165) is 42.2 Å². The second-order valence-electron chi connectivity index (χ2n) is 11.7. The minimum absolute atomic E-state index is 0.00124. The first-order valence-electron chi connectivity index (χ1n) is 13.1. The maximum absolute atomic E-state index is 11.9. The van der Waals surface area contributed by atoms with E-state index >= 15 is 0 Å². The van der Waals surface area contributed by atoms with E-state index in [9.17, 15) is 4.79 Å². The molecule has 2 aromatic carbocycles. The first-order chi connectivity index (χ1) is 16.4. The Morgan fingerprint density at radius 2 is 1.57 bits per heavy atom. The van der Waals surface area contributed by atoms with Gasteiger partial charge in [-0.05, 0) is 34.5 Å². The number of hydrogen-bond donors (Lipinski definition) is 0. The normalized spacial score (nSPS) is 14.3. The van der Waals surface area contributed by atoms with Gasteiger partial charge in [0.2, 0.25) is 0 Å². The third-order valence-electron chi connectivity index (χ3n) is 6.87. The molecule has 0 aliphatic rings. The fraction of sp³-hybridized carbons (Fsp3) is 0.581. The maximum atomic E-state index is 11.9. The van der Waals surface area contributed by atoms with Crippen LogP contribution in [0.5, 0.6) is 5.75 Å². The van der Waals surface area contributed by atoms with E-state index in [4.69, 9.17) is 9.47 Å². The zero-order valence-corrected chi connectivity index (χ0v) is 24.5. The number of rotatable bonds is 12. The van der Waals surface area contributed by atoms with Gasteiger partial charge in [-0.25, -0.2) is 0 Å². The minimum atomic E-state index is -0.126. The van der Waals surface area contributed by atoms with Crippen LogP contribution in [0.4, 0.5) is 0 Å². The molecule has 0 radical (unpaired) electrons. The van der Waals surface area contributed by atoms with E-state index in [-0.39, 0.29) is 22.8 Å². The van der Waals surface area contributed by atoms with Crippen LogP contribution in [0, 0.1) is 0 Å². The average Bonchev–Trinajstić information content (AvgIpc) is 2.80. The molecule has 194 valence electrons. The van der Waals surface area contributed by atoms with E-state index < -0.39 is 0 Å². The van der Waals surface area contributed by atoms with Crippen LogP contribution >= 0.6 is 8.58 Å². The zero-order chi connectivity index (χ0) is 26.3. The molecule has 2 atom stereocenters. The molecule has 2 rings (SSSR count). The van der Waals surface area contributed by atoms with Crippen LogP contribution in [0.25, 0.3) is 0 Å². The van der Waals surface area contributed by atoms with Gasteiger partial charge in [0.05, 0.1) is 0 Å². The summed E-state index contributed by atoms with van der Waals surface area (Å²) in [4.78, 5) is 11.9. The number of carbonyl (C=O) groups is 1. The van der Waals surface area contributed by atoms with E-state index in [1.165, 1.54) is 29.5 Å². The average molecular weight is 499 g/mol. The number of unbranched alkanes of at least 4 members (excludes halogenated alkanes) is 2. The molecule has 0 fully saturated rings. The lowest BCUT2D eigenvalue weighted by Crippen LogP contribution is -2.28. The topological polar surface area (TPSA) is 35.5 Å². The van der Waals surface area contributed by atoms with Crippen molar-refractivity contribution in [3.63, 3.8) is 0 Å². The summed E-state index contributed by atoms with van der Waals surface area (Å²) in [5, 5.41) is 1.01. The van der Waals surface area contributed by atoms with Crippen molar-refractivity contribution in [3.8, 4) is 5.75 Å². The Balaban J connectivity index is 2.91. The Labute approximate surface area is 216 Å². The van der Waals surface area contributed by atoms with Crippen LogP contribution in [0.15, 0.2) is 36.4 Å². The first-order valence-corrected chi connectivity index (χ1v) is 14.1. The number of benzene rings is 2. The Morgan fingerprint density at radius 3 is 2.11 bits per heavy atom. The van der Waals surface area contributed by atoms with Crippen LogP contribution in [0.1, 0.15) is 115 Å². The number of methoxy groups -OCH3 is 1. The lowest BCUT2D eigenvalue weighted by molar-refractivity contribution is 0.0485. The third-order valence-corrected chi connectivity index (χ3v) is 8.95. The Bertz CT molecular complexity index is 968. The Hall–Kier alpha value is -1.70. The summed E-state index contributed by atoms with van der Waals surface area (Å²) in [6.45, 7) is 18.4. The van der Waals surface area contributed by atoms with Crippen LogP contribution in [0.3, 0.4) is 0 Å². The van der Waals surface area contributed by atoms with Crippen molar-refractivity contribution in [3.05, 3.63) is 58.7 Å². The van der Waals surface area contributed by atoms with Gasteiger partial charge in [-0.1, -0.05) is 120 Å². The van der Waals surface area contributed by atoms with Crippen LogP contribution < -0.4 is 10.0 Å². The largest absolute Gasteiger partial charge is 0.467 e. The van der Waals surface area contributed by atoms with Gasteiger partial charge in [-0.3, -0.25) is 4.79 Å². The SMILES string of the molecule is CCCCCC(CC)(Pc1ccccc1C=O)c1cc(C(C)(C)C)cc(C(C)(C)C)c1OCOC. The van der Waals surface area contributed by atoms with Crippen molar-refractivity contribution in [1.29, 1.82) is 0 Å². The van der Waals surface area contributed by atoms with Crippen molar-refractivity contribution in [2.45, 2.75) is 103 Å². The summed E-state index contributed by atoms with van der Waals surface area (Å²) >= 11 is 0. The van der Waals surface area contributed by atoms with Crippen molar-refractivity contribution in [1.82, 2.24) is 0 Å². The molecule has 0 saturated heterocycles. The lowest BCUT2D eigenvalue weighted by atomic mass is 9.76. The van der Waals surface area contributed by atoms with E-state index in [1.54, 1.807) is 7.11 Å². The molecular weight excluding hydrogens is 451 g/mol. The van der Waals surface area contributed by atoms with Gasteiger partial charge in [0.15, 0.2) is 13.1 Å². The highest BCUT2D eigenvalue weighted by molar-refractivity contribution is 7.48. The summed E-state index contributed by atoms with van der Waals surface area (Å²) in [5.74, 6) is 0.960. The molecule has 2 aromatic rings. The van der Waals surface area contributed by atoms with E-state index in [2.05, 4.69) is 79.7 Å². The van der Waals surface area contributed by atoms with Crippen molar-refractivity contribution < 1.29 is 14.3 Å². The molecule has 2 unspecified atom stereocenters. The Kier molecular flexibility index (Phi) is 10.6. The number of carbonyl (C=O) groups excluding carboxylic acids is 1. The molecule has 0 spiro atoms. The van der Waals surface area contributed by atoms with Crippen LogP contribution in [-0.4, -0.2) is 20.2 Å². The summed E-state index contributed by atoms with van der Waals surface area (Å²) in [6, 6.07) is 12.8. The van der Waals surface area contributed by atoms with Gasteiger partial charge in [-0.15, -0.1) is 0 Å². The first kappa shape index (κ1) is 29.5. The third kappa shape index (κ3) is 7.40. The highest BCUT2D eigenvalue weighted by Crippen LogP contribution is 2.54. The fourth-order valence-electron chi connectivity index (χ4n) is 4.62. The lowest BCUT2D eigenvalue weighted by Gasteiger charge is -2.39. The summed E-state index contributed by atoms with van der Waals surface area (Å²) in [6.07, 6.45) is 6.56. The van der Waals surface area contributed by atoms with Gasteiger partial charge in [0.25, 0.3) is 0 Å². The monoisotopic (exact) mass is 498 g/mol. The molecule has 4 heteroatoms. The molecule has 0 aliphatic heterocycles.